The molecule has 0 saturated heterocycles. The lowest BCUT2D eigenvalue weighted by atomic mass is 10.1. The molecule has 182 valence electrons. The molecule has 0 bridgehead atoms. The summed E-state index contributed by atoms with van der Waals surface area (Å²) in [6.45, 7) is 8.76. The molecule has 0 radical (unpaired) electrons. The third-order valence-corrected chi connectivity index (χ3v) is 7.41. The van der Waals surface area contributed by atoms with Crippen LogP contribution in [0.5, 0.6) is 5.75 Å². The number of nitrogens with zero attached hydrogens (tertiary/aromatic N) is 4. The number of nitrogens with one attached hydrogen (secondary N) is 1. The first-order valence-electron chi connectivity index (χ1n) is 11.1. The van der Waals surface area contributed by atoms with E-state index in [0.717, 1.165) is 38.4 Å². The van der Waals surface area contributed by atoms with E-state index in [9.17, 15) is 4.79 Å². The predicted molar refractivity (Wildman–Crippen MR) is 145 cm³/mol. The standard InChI is InChI=1S/C25H26BrN5O2S2/c1-5-31-23(17(4)33-20-11-15(2)10-16(3)12-20)29-30-25(31)35-14-22(32)28-24-27-21(13-34-24)18-6-8-19(26)9-7-18/h6-13,17H,5,14H2,1-4H3,(H,27,28,32). The number of carbonyl (C=O) groups excluding carboxylic acids is 1. The Hall–Kier alpha value is -2.69. The highest BCUT2D eigenvalue weighted by atomic mass is 79.9. The Kier molecular flexibility index (Phi) is 8.25. The van der Waals surface area contributed by atoms with Gasteiger partial charge in [0, 0.05) is 22.0 Å². The molecule has 0 fully saturated rings. The average Bonchev–Trinajstić information content (AvgIpc) is 3.44. The fourth-order valence-electron chi connectivity index (χ4n) is 3.63. The molecule has 4 rings (SSSR count). The molecule has 1 unspecified atom stereocenters. The van der Waals surface area contributed by atoms with Gasteiger partial charge in [-0.25, -0.2) is 4.98 Å². The van der Waals surface area contributed by atoms with Crippen LogP contribution in [0, 0.1) is 13.8 Å². The second-order valence-corrected chi connectivity index (χ2v) is 10.8. The fourth-order valence-corrected chi connectivity index (χ4v) is 5.44. The molecule has 0 aliphatic rings. The van der Waals surface area contributed by atoms with Crippen molar-refractivity contribution in [2.24, 2.45) is 0 Å². The first-order valence-corrected chi connectivity index (χ1v) is 13.8. The van der Waals surface area contributed by atoms with Crippen LogP contribution in [0.25, 0.3) is 11.3 Å². The maximum absolute atomic E-state index is 12.6. The van der Waals surface area contributed by atoms with Crippen molar-refractivity contribution in [3.63, 3.8) is 0 Å². The molecule has 2 heterocycles. The van der Waals surface area contributed by atoms with E-state index in [2.05, 4.69) is 42.5 Å². The van der Waals surface area contributed by atoms with Crippen LogP contribution < -0.4 is 10.1 Å². The minimum atomic E-state index is -0.279. The summed E-state index contributed by atoms with van der Waals surface area (Å²) in [5.74, 6) is 1.60. The minimum Gasteiger partial charge on any atom is -0.483 e. The van der Waals surface area contributed by atoms with Crippen molar-refractivity contribution in [1.29, 1.82) is 0 Å². The molecule has 0 spiro atoms. The molecule has 1 amide bonds. The lowest BCUT2D eigenvalue weighted by Gasteiger charge is -2.16. The van der Waals surface area contributed by atoms with Gasteiger partial charge in [-0.05, 0) is 63.1 Å². The maximum Gasteiger partial charge on any atom is 0.236 e. The highest BCUT2D eigenvalue weighted by molar-refractivity contribution is 9.10. The van der Waals surface area contributed by atoms with Crippen LogP contribution in [0.3, 0.4) is 0 Å². The Morgan fingerprint density at radius 2 is 1.89 bits per heavy atom. The summed E-state index contributed by atoms with van der Waals surface area (Å²) in [7, 11) is 0. The molecule has 10 heteroatoms. The molecule has 0 aliphatic heterocycles. The van der Waals surface area contributed by atoms with E-state index in [4.69, 9.17) is 4.74 Å². The van der Waals surface area contributed by atoms with Crippen LogP contribution in [0.2, 0.25) is 0 Å². The van der Waals surface area contributed by atoms with Crippen LogP contribution in [-0.4, -0.2) is 31.4 Å². The minimum absolute atomic E-state index is 0.140. The summed E-state index contributed by atoms with van der Waals surface area (Å²) in [4.78, 5) is 17.1. The van der Waals surface area contributed by atoms with Crippen molar-refractivity contribution in [1.82, 2.24) is 19.7 Å². The highest BCUT2D eigenvalue weighted by Crippen LogP contribution is 2.28. The van der Waals surface area contributed by atoms with E-state index in [1.54, 1.807) is 0 Å². The molecule has 1 N–H and O–H groups in total. The van der Waals surface area contributed by atoms with E-state index in [1.165, 1.54) is 23.1 Å². The molecule has 2 aromatic heterocycles. The van der Waals surface area contributed by atoms with Gasteiger partial charge in [-0.2, -0.15) is 0 Å². The zero-order valence-corrected chi connectivity index (χ0v) is 23.1. The SMILES string of the molecule is CCn1c(SCC(=O)Nc2nc(-c3ccc(Br)cc3)cs2)nnc1C(C)Oc1cc(C)cc(C)c1. The van der Waals surface area contributed by atoms with E-state index in [-0.39, 0.29) is 17.8 Å². The lowest BCUT2D eigenvalue weighted by Crippen LogP contribution is -2.15. The van der Waals surface area contributed by atoms with Gasteiger partial charge < -0.3 is 14.6 Å². The number of anilines is 1. The third kappa shape index (κ3) is 6.50. The second-order valence-electron chi connectivity index (χ2n) is 8.05. The first-order chi connectivity index (χ1) is 16.8. The number of thioether (sulfide) groups is 1. The van der Waals surface area contributed by atoms with Crippen molar-refractivity contribution in [3.05, 3.63) is 69.3 Å². The number of ether oxygens (including phenoxy) is 1. The Bertz CT molecular complexity index is 1300. The smallest absolute Gasteiger partial charge is 0.236 e. The Labute approximate surface area is 221 Å². The van der Waals surface area contributed by atoms with E-state index in [1.807, 2.05) is 74.0 Å². The van der Waals surface area contributed by atoms with E-state index in [0.29, 0.717) is 16.8 Å². The van der Waals surface area contributed by atoms with Gasteiger partial charge in [0.15, 0.2) is 22.2 Å². The molecule has 1 atom stereocenters. The van der Waals surface area contributed by atoms with Gasteiger partial charge in [0.2, 0.25) is 5.91 Å². The predicted octanol–water partition coefficient (Wildman–Crippen LogP) is 6.67. The maximum atomic E-state index is 12.6. The Morgan fingerprint density at radius 1 is 1.17 bits per heavy atom. The van der Waals surface area contributed by atoms with Crippen LogP contribution in [0.1, 0.15) is 36.9 Å². The number of aromatic nitrogens is 4. The van der Waals surface area contributed by atoms with Gasteiger partial charge in [0.05, 0.1) is 11.4 Å². The number of halogens is 1. The van der Waals surface area contributed by atoms with Crippen LogP contribution >= 0.6 is 39.0 Å². The molecule has 0 saturated carbocycles. The summed E-state index contributed by atoms with van der Waals surface area (Å²) in [6, 6.07) is 14.0. The van der Waals surface area contributed by atoms with Crippen molar-refractivity contribution in [3.8, 4) is 17.0 Å². The van der Waals surface area contributed by atoms with Crippen LogP contribution in [0.15, 0.2) is 57.5 Å². The molecule has 2 aromatic carbocycles. The van der Waals surface area contributed by atoms with Crippen molar-refractivity contribution < 1.29 is 9.53 Å². The summed E-state index contributed by atoms with van der Waals surface area (Å²) in [6.07, 6.45) is -0.279. The van der Waals surface area contributed by atoms with Gasteiger partial charge in [-0.15, -0.1) is 21.5 Å². The van der Waals surface area contributed by atoms with Gasteiger partial charge in [-0.1, -0.05) is 45.9 Å². The van der Waals surface area contributed by atoms with Crippen LogP contribution in [-0.2, 0) is 11.3 Å². The van der Waals surface area contributed by atoms with Gasteiger partial charge in [0.1, 0.15) is 5.75 Å². The number of hydrogen-bond donors (Lipinski definition) is 1. The van der Waals surface area contributed by atoms with Gasteiger partial charge in [-0.3, -0.25) is 4.79 Å². The van der Waals surface area contributed by atoms with Crippen LogP contribution in [0.4, 0.5) is 5.13 Å². The number of benzene rings is 2. The number of amides is 1. The number of rotatable bonds is 9. The summed E-state index contributed by atoms with van der Waals surface area (Å²) in [5, 5.41) is 14.7. The van der Waals surface area contributed by atoms with Crippen molar-refractivity contribution in [2.45, 2.75) is 45.5 Å². The topological polar surface area (TPSA) is 81.9 Å². The normalized spacial score (nSPS) is 11.9. The van der Waals surface area contributed by atoms with Crippen molar-refractivity contribution >= 4 is 50.1 Å². The van der Waals surface area contributed by atoms with E-state index >= 15 is 0 Å². The largest absolute Gasteiger partial charge is 0.483 e. The summed E-state index contributed by atoms with van der Waals surface area (Å²) >= 11 is 6.19. The second kappa shape index (κ2) is 11.4. The number of carbonyl (C=O) groups is 1. The third-order valence-electron chi connectivity index (χ3n) is 5.16. The number of hydrogen-bond acceptors (Lipinski definition) is 7. The number of aryl methyl sites for hydroxylation is 2. The fraction of sp³-hybridized carbons (Fsp3) is 0.280. The first kappa shape index (κ1) is 25.4. The zero-order valence-electron chi connectivity index (χ0n) is 19.9. The van der Waals surface area contributed by atoms with Gasteiger partial charge >= 0.3 is 0 Å². The van der Waals surface area contributed by atoms with E-state index < -0.39 is 0 Å². The molecule has 35 heavy (non-hydrogen) atoms. The number of thiazole rings is 1. The summed E-state index contributed by atoms with van der Waals surface area (Å²) < 4.78 is 9.14. The molecular formula is C25H26BrN5O2S2. The summed E-state index contributed by atoms with van der Waals surface area (Å²) in [5.41, 5.74) is 4.13. The van der Waals surface area contributed by atoms with Crippen molar-refractivity contribution in [2.75, 3.05) is 11.1 Å². The monoisotopic (exact) mass is 571 g/mol. The lowest BCUT2D eigenvalue weighted by molar-refractivity contribution is -0.113. The average molecular weight is 573 g/mol. The molecule has 7 nitrogen and oxygen atoms in total. The molecular weight excluding hydrogens is 546 g/mol. The Morgan fingerprint density at radius 3 is 2.57 bits per heavy atom. The Balaban J connectivity index is 1.36. The molecule has 4 aromatic rings. The quantitative estimate of drug-likeness (QED) is 0.226. The molecule has 0 aliphatic carbocycles. The van der Waals surface area contributed by atoms with Gasteiger partial charge in [0.25, 0.3) is 0 Å². The zero-order chi connectivity index (χ0) is 24.9. The highest BCUT2D eigenvalue weighted by Gasteiger charge is 2.20.